The van der Waals surface area contributed by atoms with Gasteiger partial charge in [-0.05, 0) is 13.0 Å². The lowest BCUT2D eigenvalue weighted by molar-refractivity contribution is -0.670. The summed E-state index contributed by atoms with van der Waals surface area (Å²) < 4.78 is 4.00. The van der Waals surface area contributed by atoms with Crippen LogP contribution < -0.4 is 4.57 Å². The van der Waals surface area contributed by atoms with Crippen molar-refractivity contribution in [3.05, 3.63) is 24.8 Å². The monoisotopic (exact) mass is 123 g/mol. The Morgan fingerprint density at radius 3 is 2.78 bits per heavy atom. The van der Waals surface area contributed by atoms with Gasteiger partial charge in [0.05, 0.1) is 13.2 Å². The molecule has 0 amide bonds. The zero-order chi connectivity index (χ0) is 6.69. The van der Waals surface area contributed by atoms with E-state index in [1.165, 1.54) is 0 Å². The SMILES string of the molecule is C/C=C/n1cc[n+](C)c1. The van der Waals surface area contributed by atoms with E-state index < -0.39 is 0 Å². The molecule has 2 nitrogen and oxygen atoms in total. The maximum absolute atomic E-state index is 2.00. The molecule has 0 N–H and O–H groups in total. The van der Waals surface area contributed by atoms with E-state index in [0.29, 0.717) is 0 Å². The molecule has 0 saturated heterocycles. The van der Waals surface area contributed by atoms with Crippen molar-refractivity contribution in [2.24, 2.45) is 7.05 Å². The second-order valence-corrected chi connectivity index (χ2v) is 2.01. The highest BCUT2D eigenvalue weighted by Gasteiger charge is 1.91. The standard InChI is InChI=1S/C7H11N2/c1-3-4-9-6-5-8(2)7-9/h3-7H,1-2H3/q+1/b4-3+. The lowest BCUT2D eigenvalue weighted by Crippen LogP contribution is -2.23. The molecule has 1 heterocycles. The van der Waals surface area contributed by atoms with Crippen LogP contribution in [0.4, 0.5) is 0 Å². The number of hydrogen-bond donors (Lipinski definition) is 0. The summed E-state index contributed by atoms with van der Waals surface area (Å²) in [5, 5.41) is 0. The van der Waals surface area contributed by atoms with E-state index in [1.54, 1.807) is 0 Å². The topological polar surface area (TPSA) is 8.81 Å². The predicted molar refractivity (Wildman–Crippen MR) is 36.6 cm³/mol. The number of imidazole rings is 1. The van der Waals surface area contributed by atoms with Gasteiger partial charge in [-0.3, -0.25) is 0 Å². The third-order valence-corrected chi connectivity index (χ3v) is 1.11. The molecule has 0 aliphatic carbocycles. The molecule has 0 bridgehead atoms. The van der Waals surface area contributed by atoms with E-state index in [4.69, 9.17) is 0 Å². The van der Waals surface area contributed by atoms with Crippen molar-refractivity contribution < 1.29 is 4.57 Å². The van der Waals surface area contributed by atoms with Crippen molar-refractivity contribution in [1.82, 2.24) is 4.57 Å². The van der Waals surface area contributed by atoms with Gasteiger partial charge in [0.2, 0.25) is 6.33 Å². The normalized spacial score (nSPS) is 10.9. The Labute approximate surface area is 55.1 Å². The van der Waals surface area contributed by atoms with Crippen LogP contribution in [0.1, 0.15) is 6.92 Å². The van der Waals surface area contributed by atoms with Crippen molar-refractivity contribution in [2.45, 2.75) is 6.92 Å². The quantitative estimate of drug-likeness (QED) is 0.488. The summed E-state index contributed by atoms with van der Waals surface area (Å²) in [7, 11) is 2.00. The third kappa shape index (κ3) is 1.42. The van der Waals surface area contributed by atoms with E-state index in [1.807, 2.05) is 54.1 Å². The minimum atomic E-state index is 2.00. The van der Waals surface area contributed by atoms with Gasteiger partial charge in [-0.1, -0.05) is 0 Å². The van der Waals surface area contributed by atoms with Crippen LogP contribution in [-0.4, -0.2) is 4.57 Å². The molecule has 0 unspecified atom stereocenters. The Balaban J connectivity index is 2.85. The van der Waals surface area contributed by atoms with Gasteiger partial charge < -0.3 is 0 Å². The Kier molecular flexibility index (Phi) is 1.68. The fraction of sp³-hybridized carbons (Fsp3) is 0.286. The molecule has 0 saturated carbocycles. The van der Waals surface area contributed by atoms with Gasteiger partial charge in [-0.25, -0.2) is 9.13 Å². The zero-order valence-corrected chi connectivity index (χ0v) is 5.78. The summed E-state index contributed by atoms with van der Waals surface area (Å²) in [5.41, 5.74) is 0. The second-order valence-electron chi connectivity index (χ2n) is 2.01. The summed E-state index contributed by atoms with van der Waals surface area (Å²) in [6.45, 7) is 2.00. The molecule has 9 heavy (non-hydrogen) atoms. The molecule has 0 aliphatic heterocycles. The Hall–Kier alpha value is -1.05. The Morgan fingerprint density at radius 1 is 1.56 bits per heavy atom. The minimum absolute atomic E-state index is 2.00. The number of nitrogens with zero attached hydrogens (tertiary/aromatic N) is 2. The number of hydrogen-bond acceptors (Lipinski definition) is 0. The highest BCUT2D eigenvalue weighted by atomic mass is 15.1. The molecule has 0 aliphatic rings. The summed E-state index contributed by atoms with van der Waals surface area (Å²) in [6, 6.07) is 0. The minimum Gasteiger partial charge on any atom is -0.239 e. The van der Waals surface area contributed by atoms with E-state index in [-0.39, 0.29) is 0 Å². The van der Waals surface area contributed by atoms with Crippen LogP contribution in [0.5, 0.6) is 0 Å². The van der Waals surface area contributed by atoms with Crippen molar-refractivity contribution >= 4 is 6.20 Å². The van der Waals surface area contributed by atoms with Crippen LogP contribution in [0.15, 0.2) is 24.8 Å². The highest BCUT2D eigenvalue weighted by Crippen LogP contribution is 1.82. The maximum Gasteiger partial charge on any atom is 0.248 e. The maximum atomic E-state index is 2.00. The fourth-order valence-corrected chi connectivity index (χ4v) is 0.730. The first kappa shape index (κ1) is 6.08. The predicted octanol–water partition coefficient (Wildman–Crippen LogP) is 0.803. The Morgan fingerprint density at radius 2 is 2.33 bits per heavy atom. The number of rotatable bonds is 1. The molecule has 48 valence electrons. The van der Waals surface area contributed by atoms with E-state index in [0.717, 1.165) is 0 Å². The first-order chi connectivity index (χ1) is 4.33. The van der Waals surface area contributed by atoms with Crippen LogP contribution in [0.3, 0.4) is 0 Å². The molecule has 2 heteroatoms. The fourth-order valence-electron chi connectivity index (χ4n) is 0.730. The number of aromatic nitrogens is 2. The van der Waals surface area contributed by atoms with Gasteiger partial charge in [0, 0.05) is 0 Å². The molecule has 0 atom stereocenters. The van der Waals surface area contributed by atoms with Crippen LogP contribution in [0, 0.1) is 0 Å². The summed E-state index contributed by atoms with van der Waals surface area (Å²) >= 11 is 0. The molecule has 1 rings (SSSR count). The average molecular weight is 123 g/mol. The lowest BCUT2D eigenvalue weighted by atomic mass is 10.7. The van der Waals surface area contributed by atoms with E-state index in [9.17, 15) is 0 Å². The second kappa shape index (κ2) is 2.49. The molecular formula is C7H11N2+. The first-order valence-electron chi connectivity index (χ1n) is 2.98. The molecule has 0 radical (unpaired) electrons. The van der Waals surface area contributed by atoms with Crippen molar-refractivity contribution in [3.63, 3.8) is 0 Å². The van der Waals surface area contributed by atoms with Gasteiger partial charge >= 0.3 is 0 Å². The van der Waals surface area contributed by atoms with Gasteiger partial charge in [0.25, 0.3) is 0 Å². The van der Waals surface area contributed by atoms with Crippen LogP contribution >= 0.6 is 0 Å². The van der Waals surface area contributed by atoms with Gasteiger partial charge in [0.1, 0.15) is 12.4 Å². The van der Waals surface area contributed by atoms with Crippen molar-refractivity contribution in [3.8, 4) is 0 Å². The number of allylic oxidation sites excluding steroid dienone is 1. The Bertz CT molecular complexity index is 210. The van der Waals surface area contributed by atoms with Crippen molar-refractivity contribution in [1.29, 1.82) is 0 Å². The van der Waals surface area contributed by atoms with Crippen molar-refractivity contribution in [2.75, 3.05) is 0 Å². The van der Waals surface area contributed by atoms with Gasteiger partial charge in [-0.15, -0.1) is 0 Å². The zero-order valence-electron chi connectivity index (χ0n) is 5.78. The highest BCUT2D eigenvalue weighted by molar-refractivity contribution is 5.18. The van der Waals surface area contributed by atoms with E-state index >= 15 is 0 Å². The smallest absolute Gasteiger partial charge is 0.239 e. The average Bonchev–Trinajstić information content (AvgIpc) is 2.17. The van der Waals surface area contributed by atoms with E-state index in [2.05, 4.69) is 0 Å². The summed E-state index contributed by atoms with van der Waals surface area (Å²) in [4.78, 5) is 0. The molecule has 0 fully saturated rings. The lowest BCUT2D eigenvalue weighted by Gasteiger charge is -1.77. The first-order valence-corrected chi connectivity index (χ1v) is 2.98. The van der Waals surface area contributed by atoms with Crippen LogP contribution in [0.2, 0.25) is 0 Å². The largest absolute Gasteiger partial charge is 0.248 e. The molecule has 1 aromatic heterocycles. The summed E-state index contributed by atoms with van der Waals surface area (Å²) in [5.74, 6) is 0. The molecule has 0 spiro atoms. The van der Waals surface area contributed by atoms with Crippen LogP contribution in [-0.2, 0) is 7.05 Å². The summed E-state index contributed by atoms with van der Waals surface area (Å²) in [6.07, 6.45) is 10.0. The molecular weight excluding hydrogens is 112 g/mol. The molecule has 1 aromatic rings. The number of aryl methyl sites for hydroxylation is 1. The third-order valence-electron chi connectivity index (χ3n) is 1.11. The van der Waals surface area contributed by atoms with Crippen LogP contribution in [0.25, 0.3) is 6.20 Å². The molecule has 0 aromatic carbocycles. The van der Waals surface area contributed by atoms with Gasteiger partial charge in [0.15, 0.2) is 0 Å². The van der Waals surface area contributed by atoms with Gasteiger partial charge in [-0.2, -0.15) is 0 Å².